The van der Waals surface area contributed by atoms with Crippen LogP contribution in [0.1, 0.15) is 174 Å². The fraction of sp³-hybridized carbons (Fsp3) is 0.897. The van der Waals surface area contributed by atoms with Gasteiger partial charge in [0.2, 0.25) is 0 Å². The Morgan fingerprint density at radius 3 is 1.58 bits per heavy atom. The van der Waals surface area contributed by atoms with Crippen molar-refractivity contribution in [2.75, 3.05) is 0 Å². The van der Waals surface area contributed by atoms with Crippen LogP contribution in [-0.4, -0.2) is 4.98 Å². The highest BCUT2D eigenvalue weighted by molar-refractivity contribution is 4.89. The third-order valence-corrected chi connectivity index (χ3v) is 7.23. The Balaban J connectivity index is 2.18. The summed E-state index contributed by atoms with van der Waals surface area (Å²) in [5.41, 5.74) is 0. The number of hydrogen-bond acceptors (Lipinski definition) is 0. The summed E-state index contributed by atoms with van der Waals surface area (Å²) in [6.07, 6.45) is 32.5. The first kappa shape index (κ1) is 28.2. The van der Waals surface area contributed by atoms with Crippen molar-refractivity contribution in [3.05, 3.63) is 18.2 Å². The Morgan fingerprint density at radius 2 is 1.10 bits per heavy atom. The summed E-state index contributed by atoms with van der Waals surface area (Å²) >= 11 is 0. The SMILES string of the molecule is CCCCCCCCCCCCCCC(CC)c1[nH]cc[n+]1C(C)CCCCCCC. The van der Waals surface area contributed by atoms with Crippen LogP contribution in [0.2, 0.25) is 0 Å². The van der Waals surface area contributed by atoms with Crippen LogP contribution in [0.15, 0.2) is 12.4 Å². The Hall–Kier alpha value is -0.790. The van der Waals surface area contributed by atoms with Gasteiger partial charge in [0.15, 0.2) is 0 Å². The average Bonchev–Trinajstić information content (AvgIpc) is 3.26. The zero-order valence-corrected chi connectivity index (χ0v) is 21.9. The molecule has 182 valence electrons. The Labute approximate surface area is 196 Å². The van der Waals surface area contributed by atoms with E-state index in [0.29, 0.717) is 12.0 Å². The van der Waals surface area contributed by atoms with Gasteiger partial charge in [-0.3, -0.25) is 0 Å². The van der Waals surface area contributed by atoms with Crippen molar-refractivity contribution in [2.24, 2.45) is 0 Å². The number of aromatic nitrogens is 2. The Morgan fingerprint density at radius 1 is 0.645 bits per heavy atom. The molecule has 0 bridgehead atoms. The number of rotatable bonds is 22. The predicted octanol–water partition coefficient (Wildman–Crippen LogP) is 9.81. The van der Waals surface area contributed by atoms with Gasteiger partial charge in [-0.15, -0.1) is 0 Å². The molecule has 1 aromatic rings. The predicted molar refractivity (Wildman–Crippen MR) is 138 cm³/mol. The van der Waals surface area contributed by atoms with E-state index in [1.807, 2.05) is 0 Å². The van der Waals surface area contributed by atoms with Crippen LogP contribution in [0.4, 0.5) is 0 Å². The molecule has 0 fully saturated rings. The number of aromatic amines is 1. The van der Waals surface area contributed by atoms with E-state index in [1.54, 1.807) is 0 Å². The molecule has 0 amide bonds. The summed E-state index contributed by atoms with van der Waals surface area (Å²) < 4.78 is 2.55. The highest BCUT2D eigenvalue weighted by atomic mass is 15.1. The molecule has 0 aromatic carbocycles. The lowest BCUT2D eigenvalue weighted by atomic mass is 9.96. The molecule has 0 radical (unpaired) electrons. The second kappa shape index (κ2) is 19.9. The number of imidazole rings is 1. The monoisotopic (exact) mass is 433 g/mol. The molecule has 1 heterocycles. The van der Waals surface area contributed by atoms with Gasteiger partial charge in [-0.1, -0.05) is 124 Å². The molecule has 2 nitrogen and oxygen atoms in total. The lowest BCUT2D eigenvalue weighted by molar-refractivity contribution is -0.727. The van der Waals surface area contributed by atoms with E-state index >= 15 is 0 Å². The second-order valence-corrected chi connectivity index (χ2v) is 10.1. The van der Waals surface area contributed by atoms with E-state index in [2.05, 4.69) is 49.6 Å². The highest BCUT2D eigenvalue weighted by Crippen LogP contribution is 2.24. The second-order valence-electron chi connectivity index (χ2n) is 10.1. The van der Waals surface area contributed by atoms with E-state index in [-0.39, 0.29) is 0 Å². The van der Waals surface area contributed by atoms with Crippen LogP contribution in [0, 0.1) is 0 Å². The zero-order valence-electron chi connectivity index (χ0n) is 21.9. The van der Waals surface area contributed by atoms with Gasteiger partial charge in [0.25, 0.3) is 5.82 Å². The van der Waals surface area contributed by atoms with Gasteiger partial charge in [-0.2, -0.15) is 0 Å². The minimum Gasteiger partial charge on any atom is -0.247 e. The maximum absolute atomic E-state index is 3.60. The molecule has 0 aliphatic carbocycles. The molecule has 0 aliphatic heterocycles. The summed E-state index contributed by atoms with van der Waals surface area (Å²) in [6.45, 7) is 9.38. The number of nitrogens with one attached hydrogen (secondary N) is 1. The van der Waals surface area contributed by atoms with E-state index in [1.165, 1.54) is 134 Å². The van der Waals surface area contributed by atoms with Crippen LogP contribution in [-0.2, 0) is 0 Å². The van der Waals surface area contributed by atoms with Gasteiger partial charge >= 0.3 is 0 Å². The number of unbranched alkanes of at least 4 members (excludes halogenated alkanes) is 15. The Kier molecular flexibility index (Phi) is 18.1. The molecule has 1 N–H and O–H groups in total. The van der Waals surface area contributed by atoms with Crippen molar-refractivity contribution in [3.8, 4) is 0 Å². The normalized spacial score (nSPS) is 13.5. The van der Waals surface area contributed by atoms with Gasteiger partial charge in [0.1, 0.15) is 12.4 Å². The lowest BCUT2D eigenvalue weighted by Gasteiger charge is -2.16. The van der Waals surface area contributed by atoms with Crippen LogP contribution in [0.5, 0.6) is 0 Å². The molecule has 2 heteroatoms. The van der Waals surface area contributed by atoms with E-state index in [4.69, 9.17) is 0 Å². The van der Waals surface area contributed by atoms with Gasteiger partial charge in [-0.05, 0) is 32.6 Å². The fourth-order valence-electron chi connectivity index (χ4n) is 5.02. The van der Waals surface area contributed by atoms with Gasteiger partial charge in [0.05, 0.1) is 12.0 Å². The molecule has 0 spiro atoms. The smallest absolute Gasteiger partial charge is 0.247 e. The highest BCUT2D eigenvalue weighted by Gasteiger charge is 2.24. The quantitative estimate of drug-likeness (QED) is 0.139. The molecule has 0 aliphatic rings. The summed E-state index contributed by atoms with van der Waals surface area (Å²) in [4.78, 5) is 3.60. The van der Waals surface area contributed by atoms with E-state index in [9.17, 15) is 0 Å². The van der Waals surface area contributed by atoms with Crippen molar-refractivity contribution in [1.82, 2.24) is 4.98 Å². The zero-order chi connectivity index (χ0) is 22.6. The molecular formula is C29H57N2+. The first-order chi connectivity index (χ1) is 15.2. The van der Waals surface area contributed by atoms with Crippen molar-refractivity contribution >= 4 is 0 Å². The van der Waals surface area contributed by atoms with Crippen molar-refractivity contribution in [1.29, 1.82) is 0 Å². The van der Waals surface area contributed by atoms with Crippen molar-refractivity contribution < 1.29 is 4.57 Å². The molecule has 0 saturated heterocycles. The van der Waals surface area contributed by atoms with Crippen LogP contribution < -0.4 is 4.57 Å². The Bertz CT molecular complexity index is 493. The molecule has 1 aromatic heterocycles. The van der Waals surface area contributed by atoms with Gasteiger partial charge in [-0.25, -0.2) is 9.55 Å². The number of hydrogen-bond donors (Lipinski definition) is 1. The standard InChI is InChI=1S/C29H56N2/c1-5-8-10-12-13-14-15-16-17-18-20-22-24-28(7-3)29-30-25-26-31(29)27(4)23-21-19-11-9-6-2/h25-28H,5-24H2,1-4H3/p+1. The molecule has 31 heavy (non-hydrogen) atoms. The lowest BCUT2D eigenvalue weighted by Crippen LogP contribution is -2.41. The maximum Gasteiger partial charge on any atom is 0.257 e. The largest absolute Gasteiger partial charge is 0.257 e. The molecule has 0 saturated carbocycles. The topological polar surface area (TPSA) is 19.7 Å². The van der Waals surface area contributed by atoms with Crippen LogP contribution >= 0.6 is 0 Å². The minimum absolute atomic E-state index is 0.624. The first-order valence-electron chi connectivity index (χ1n) is 14.3. The van der Waals surface area contributed by atoms with Crippen LogP contribution in [0.25, 0.3) is 0 Å². The van der Waals surface area contributed by atoms with E-state index < -0.39 is 0 Å². The van der Waals surface area contributed by atoms with E-state index in [0.717, 1.165) is 0 Å². The summed E-state index contributed by atoms with van der Waals surface area (Å²) in [6, 6.07) is 0.624. The third kappa shape index (κ3) is 13.4. The van der Waals surface area contributed by atoms with Crippen molar-refractivity contribution in [2.45, 2.75) is 168 Å². The minimum atomic E-state index is 0.624. The molecule has 2 atom stereocenters. The molecule has 1 rings (SSSR count). The fourth-order valence-corrected chi connectivity index (χ4v) is 5.02. The molecule has 2 unspecified atom stereocenters. The summed E-state index contributed by atoms with van der Waals surface area (Å²) in [5.74, 6) is 2.17. The van der Waals surface area contributed by atoms with Crippen molar-refractivity contribution in [3.63, 3.8) is 0 Å². The molecular weight excluding hydrogens is 376 g/mol. The number of nitrogens with zero attached hydrogens (tertiary/aromatic N) is 1. The third-order valence-electron chi connectivity index (χ3n) is 7.23. The first-order valence-corrected chi connectivity index (χ1v) is 14.3. The summed E-state index contributed by atoms with van der Waals surface area (Å²) in [5, 5.41) is 0. The number of H-pyrrole nitrogens is 1. The average molecular weight is 434 g/mol. The van der Waals surface area contributed by atoms with Crippen LogP contribution in [0.3, 0.4) is 0 Å². The summed E-state index contributed by atoms with van der Waals surface area (Å²) in [7, 11) is 0. The van der Waals surface area contributed by atoms with Gasteiger partial charge < -0.3 is 0 Å². The maximum atomic E-state index is 3.60. The van der Waals surface area contributed by atoms with Gasteiger partial charge in [0, 0.05) is 0 Å².